The molecule has 0 radical (unpaired) electrons. The van der Waals surface area contributed by atoms with E-state index in [1.807, 2.05) is 6.92 Å². The molecule has 0 amide bonds. The normalized spacial score (nSPS) is 17.0. The van der Waals surface area contributed by atoms with Crippen molar-refractivity contribution in [2.75, 3.05) is 39.3 Å². The van der Waals surface area contributed by atoms with Gasteiger partial charge in [-0.05, 0) is 37.6 Å². The van der Waals surface area contributed by atoms with Gasteiger partial charge in [0.25, 0.3) is 0 Å². The summed E-state index contributed by atoms with van der Waals surface area (Å²) in [5.74, 6) is 0. The number of piperazine rings is 1. The Morgan fingerprint density at radius 3 is 2.76 bits per heavy atom. The smallest absolute Gasteiger partial charge is 0.242 e. The van der Waals surface area contributed by atoms with Crippen LogP contribution in [0.25, 0.3) is 0 Å². The summed E-state index contributed by atoms with van der Waals surface area (Å²) in [5.41, 5.74) is 0.876. The summed E-state index contributed by atoms with van der Waals surface area (Å²) in [6, 6.07) is 5.01. The summed E-state index contributed by atoms with van der Waals surface area (Å²) in [6.07, 6.45) is 0.794. The fraction of sp³-hybridized carbons (Fsp3) is 0.571. The molecule has 5 nitrogen and oxygen atoms in total. The Bertz CT molecular complexity index is 572. The van der Waals surface area contributed by atoms with E-state index in [0.717, 1.165) is 44.7 Å². The molecule has 1 saturated heterocycles. The van der Waals surface area contributed by atoms with Crippen LogP contribution in [-0.4, -0.2) is 52.6 Å². The number of aryl methyl sites for hydroxylation is 1. The second-order valence-electron chi connectivity index (χ2n) is 5.28. The van der Waals surface area contributed by atoms with Gasteiger partial charge in [-0.3, -0.25) is 0 Å². The minimum absolute atomic E-state index is 0.159. The summed E-state index contributed by atoms with van der Waals surface area (Å²) in [6.45, 7) is 7.24. The number of halogens is 1. The second kappa shape index (κ2) is 7.56. The molecule has 7 heteroatoms. The Labute approximate surface area is 131 Å². The standard InChI is InChI=1S/C14H22ClN3O2S/c1-12-3-4-13(15)14(11-12)21(19,20)17-5-2-8-18-9-6-16-7-10-18/h3-4,11,16-17H,2,5-10H2,1H3. The van der Waals surface area contributed by atoms with Crippen LogP contribution < -0.4 is 10.0 Å². The van der Waals surface area contributed by atoms with Crippen LogP contribution in [0.2, 0.25) is 5.02 Å². The lowest BCUT2D eigenvalue weighted by Crippen LogP contribution is -2.44. The minimum atomic E-state index is -3.53. The number of hydrogen-bond donors (Lipinski definition) is 2. The molecule has 1 fully saturated rings. The van der Waals surface area contributed by atoms with Crippen LogP contribution >= 0.6 is 11.6 Å². The summed E-state index contributed by atoms with van der Waals surface area (Å²) >= 11 is 5.98. The van der Waals surface area contributed by atoms with Gasteiger partial charge in [0.05, 0.1) is 5.02 Å². The lowest BCUT2D eigenvalue weighted by Gasteiger charge is -2.27. The molecule has 1 aliphatic rings. The zero-order chi connectivity index (χ0) is 15.3. The van der Waals surface area contributed by atoms with Crippen molar-refractivity contribution in [2.45, 2.75) is 18.2 Å². The van der Waals surface area contributed by atoms with Crippen LogP contribution in [0.1, 0.15) is 12.0 Å². The van der Waals surface area contributed by atoms with Crippen molar-refractivity contribution in [3.8, 4) is 0 Å². The number of rotatable bonds is 6. The van der Waals surface area contributed by atoms with E-state index < -0.39 is 10.0 Å². The first kappa shape index (κ1) is 16.7. The third-order valence-corrected chi connectivity index (χ3v) is 5.47. The Hall–Kier alpha value is -0.660. The average Bonchev–Trinajstić information content (AvgIpc) is 2.47. The Balaban J connectivity index is 1.85. The molecule has 0 bridgehead atoms. The van der Waals surface area contributed by atoms with Crippen LogP contribution in [0.4, 0.5) is 0 Å². The van der Waals surface area contributed by atoms with E-state index in [1.165, 1.54) is 0 Å². The molecule has 1 aromatic carbocycles. The monoisotopic (exact) mass is 331 g/mol. The van der Waals surface area contributed by atoms with Gasteiger partial charge in [-0.1, -0.05) is 17.7 Å². The molecule has 0 aliphatic carbocycles. The second-order valence-corrected chi connectivity index (χ2v) is 7.42. The molecule has 1 aromatic rings. The third-order valence-electron chi connectivity index (χ3n) is 3.53. The van der Waals surface area contributed by atoms with E-state index in [4.69, 9.17) is 11.6 Å². The molecule has 0 spiro atoms. The van der Waals surface area contributed by atoms with Gasteiger partial charge in [-0.2, -0.15) is 0 Å². The lowest BCUT2D eigenvalue weighted by atomic mass is 10.2. The van der Waals surface area contributed by atoms with Crippen molar-refractivity contribution in [3.05, 3.63) is 28.8 Å². The Kier molecular flexibility index (Phi) is 6.01. The molecule has 2 N–H and O–H groups in total. The van der Waals surface area contributed by atoms with Gasteiger partial charge in [0.2, 0.25) is 10.0 Å². The van der Waals surface area contributed by atoms with Gasteiger partial charge in [0.15, 0.2) is 0 Å². The third kappa shape index (κ3) is 4.93. The van der Waals surface area contributed by atoms with Crippen molar-refractivity contribution in [1.82, 2.24) is 14.9 Å². The van der Waals surface area contributed by atoms with E-state index in [-0.39, 0.29) is 9.92 Å². The summed E-state index contributed by atoms with van der Waals surface area (Å²) in [4.78, 5) is 2.50. The average molecular weight is 332 g/mol. The van der Waals surface area contributed by atoms with Crippen molar-refractivity contribution >= 4 is 21.6 Å². The quantitative estimate of drug-likeness (QED) is 0.770. The predicted molar refractivity (Wildman–Crippen MR) is 85.3 cm³/mol. The molecule has 118 valence electrons. The van der Waals surface area contributed by atoms with E-state index >= 15 is 0 Å². The SMILES string of the molecule is Cc1ccc(Cl)c(S(=O)(=O)NCCCN2CCNCC2)c1. The highest BCUT2D eigenvalue weighted by Crippen LogP contribution is 2.22. The highest BCUT2D eigenvalue weighted by Gasteiger charge is 2.17. The largest absolute Gasteiger partial charge is 0.314 e. The maximum atomic E-state index is 12.2. The number of hydrogen-bond acceptors (Lipinski definition) is 4. The fourth-order valence-corrected chi connectivity index (χ4v) is 3.99. The van der Waals surface area contributed by atoms with Gasteiger partial charge in [0.1, 0.15) is 4.90 Å². The first-order valence-electron chi connectivity index (χ1n) is 7.18. The van der Waals surface area contributed by atoms with Gasteiger partial charge < -0.3 is 10.2 Å². The van der Waals surface area contributed by atoms with E-state index in [2.05, 4.69) is 14.9 Å². The van der Waals surface area contributed by atoms with Gasteiger partial charge >= 0.3 is 0 Å². The molecule has 0 unspecified atom stereocenters. The molecule has 1 heterocycles. The molecule has 1 aliphatic heterocycles. The molecule has 0 aromatic heterocycles. The zero-order valence-corrected chi connectivity index (χ0v) is 13.8. The fourth-order valence-electron chi connectivity index (χ4n) is 2.34. The van der Waals surface area contributed by atoms with Gasteiger partial charge in [-0.25, -0.2) is 13.1 Å². The maximum absolute atomic E-state index is 12.2. The summed E-state index contributed by atoms with van der Waals surface area (Å²) < 4.78 is 27.1. The van der Waals surface area contributed by atoms with Crippen molar-refractivity contribution in [2.24, 2.45) is 0 Å². The zero-order valence-electron chi connectivity index (χ0n) is 12.2. The van der Waals surface area contributed by atoms with Crippen molar-refractivity contribution in [3.63, 3.8) is 0 Å². The van der Waals surface area contributed by atoms with E-state index in [9.17, 15) is 8.42 Å². The van der Waals surface area contributed by atoms with Crippen molar-refractivity contribution < 1.29 is 8.42 Å². The highest BCUT2D eigenvalue weighted by atomic mass is 35.5. The van der Waals surface area contributed by atoms with Crippen LogP contribution in [-0.2, 0) is 10.0 Å². The first-order chi connectivity index (χ1) is 9.99. The van der Waals surface area contributed by atoms with Crippen LogP contribution in [0.15, 0.2) is 23.1 Å². The van der Waals surface area contributed by atoms with E-state index in [0.29, 0.717) is 6.54 Å². The van der Waals surface area contributed by atoms with E-state index in [1.54, 1.807) is 18.2 Å². The molecule has 2 rings (SSSR count). The Morgan fingerprint density at radius 2 is 2.05 bits per heavy atom. The minimum Gasteiger partial charge on any atom is -0.314 e. The lowest BCUT2D eigenvalue weighted by molar-refractivity contribution is 0.239. The first-order valence-corrected chi connectivity index (χ1v) is 9.04. The maximum Gasteiger partial charge on any atom is 0.242 e. The summed E-state index contributed by atoms with van der Waals surface area (Å²) in [5, 5.41) is 3.55. The van der Waals surface area contributed by atoms with Crippen molar-refractivity contribution in [1.29, 1.82) is 0 Å². The Morgan fingerprint density at radius 1 is 1.33 bits per heavy atom. The molecule has 21 heavy (non-hydrogen) atoms. The molecule has 0 atom stereocenters. The molecular weight excluding hydrogens is 310 g/mol. The van der Waals surface area contributed by atoms with Gasteiger partial charge in [0, 0.05) is 32.7 Å². The molecular formula is C14H22ClN3O2S. The number of nitrogens with zero attached hydrogens (tertiary/aromatic N) is 1. The summed E-state index contributed by atoms with van der Waals surface area (Å²) in [7, 11) is -3.53. The highest BCUT2D eigenvalue weighted by molar-refractivity contribution is 7.89. The molecule has 0 saturated carbocycles. The number of benzene rings is 1. The van der Waals surface area contributed by atoms with Crippen LogP contribution in [0.5, 0.6) is 0 Å². The van der Waals surface area contributed by atoms with Crippen LogP contribution in [0.3, 0.4) is 0 Å². The number of sulfonamides is 1. The van der Waals surface area contributed by atoms with Crippen LogP contribution in [0, 0.1) is 6.92 Å². The number of nitrogens with one attached hydrogen (secondary N) is 2. The predicted octanol–water partition coefficient (Wildman–Crippen LogP) is 1.22. The van der Waals surface area contributed by atoms with Gasteiger partial charge in [-0.15, -0.1) is 0 Å². The topological polar surface area (TPSA) is 61.4 Å².